The van der Waals surface area contributed by atoms with Crippen molar-refractivity contribution in [2.75, 3.05) is 13.1 Å². The van der Waals surface area contributed by atoms with Crippen LogP contribution < -0.4 is 23.7 Å². The Morgan fingerprint density at radius 3 is 2.83 bits per heavy atom. The highest BCUT2D eigenvalue weighted by molar-refractivity contribution is 5.85. The van der Waals surface area contributed by atoms with E-state index in [1.165, 1.54) is 0 Å². The fourth-order valence-corrected chi connectivity index (χ4v) is 4.99. The lowest BCUT2D eigenvalue weighted by Gasteiger charge is -2.43. The maximum atomic E-state index is 13.2. The van der Waals surface area contributed by atoms with E-state index in [4.69, 9.17) is 0 Å². The van der Waals surface area contributed by atoms with Crippen LogP contribution in [0.25, 0.3) is 10.9 Å². The first kappa shape index (κ1) is 19.7. The molecule has 0 radical (unpaired) electrons. The molecule has 1 fully saturated rings. The zero-order chi connectivity index (χ0) is 19.3. The minimum Gasteiger partial charge on any atom is -1.00 e. The molecule has 0 saturated carbocycles. The smallest absolute Gasteiger partial charge is 0.281 e. The van der Waals surface area contributed by atoms with Gasteiger partial charge in [-0.05, 0) is 30.0 Å². The molecule has 1 saturated heterocycles. The third kappa shape index (κ3) is 3.47. The van der Waals surface area contributed by atoms with E-state index in [1.54, 1.807) is 6.07 Å². The molecule has 1 aromatic carbocycles. The lowest BCUT2D eigenvalue weighted by atomic mass is 9.83. The van der Waals surface area contributed by atoms with E-state index in [1.807, 2.05) is 46.0 Å². The molecule has 5 rings (SSSR count). The van der Waals surface area contributed by atoms with Gasteiger partial charge in [-0.2, -0.15) is 0 Å². The van der Waals surface area contributed by atoms with Gasteiger partial charge in [-0.25, -0.2) is 0 Å². The Hall–Kier alpha value is -2.57. The predicted octanol–water partition coefficient (Wildman–Crippen LogP) is -1.87. The molecular weight excluding hydrogens is 388 g/mol. The molecule has 2 aromatic heterocycles. The van der Waals surface area contributed by atoms with Gasteiger partial charge in [0.25, 0.3) is 11.5 Å². The minimum atomic E-state index is -0.309. The molecule has 29 heavy (non-hydrogen) atoms. The second-order valence-corrected chi connectivity index (χ2v) is 8.20. The number of rotatable bonds is 3. The molecule has 0 spiro atoms. The largest absolute Gasteiger partial charge is 1.00 e. The first-order valence-corrected chi connectivity index (χ1v) is 9.97. The minimum absolute atomic E-state index is 0. The molecule has 1 amide bonds. The third-order valence-electron chi connectivity index (χ3n) is 6.28. The highest BCUT2D eigenvalue weighted by atomic mass is 35.5. The topological polar surface area (TPSA) is 85.7 Å². The fraction of sp³-hybridized carbons (Fsp3) is 0.364. The summed E-state index contributed by atoms with van der Waals surface area (Å²) in [6, 6.07) is 13.3. The number of halogens is 1. The van der Waals surface area contributed by atoms with Crippen molar-refractivity contribution >= 4 is 16.8 Å². The lowest BCUT2D eigenvalue weighted by molar-refractivity contribution is -0.405. The number of carbonyl (C=O) groups is 1. The summed E-state index contributed by atoms with van der Waals surface area (Å²) in [6.07, 6.45) is 3.67. The molecule has 7 heteroatoms. The fourth-order valence-electron chi connectivity index (χ4n) is 4.99. The summed E-state index contributed by atoms with van der Waals surface area (Å²) in [5.41, 5.74) is 7.55. The zero-order valence-electron chi connectivity index (χ0n) is 16.2. The van der Waals surface area contributed by atoms with Crippen molar-refractivity contribution < 1.29 is 22.9 Å². The van der Waals surface area contributed by atoms with Gasteiger partial charge in [-0.1, -0.05) is 24.3 Å². The van der Waals surface area contributed by atoms with Crippen LogP contribution in [0.5, 0.6) is 0 Å². The highest BCUT2D eigenvalue weighted by Crippen LogP contribution is 2.35. The third-order valence-corrected chi connectivity index (χ3v) is 6.28. The number of fused-ring (bicyclic) bond motifs is 5. The number of carbonyl (C=O) groups excluding carboxylic acids is 1. The molecule has 4 N–H and O–H groups in total. The lowest BCUT2D eigenvalue weighted by Crippen LogP contribution is -3.00. The average molecular weight is 413 g/mol. The normalized spacial score (nSPS) is 21.3. The van der Waals surface area contributed by atoms with Crippen LogP contribution in [0.15, 0.2) is 53.5 Å². The number of piperidine rings is 1. The Kier molecular flexibility index (Phi) is 5.23. The average Bonchev–Trinajstić information content (AvgIpc) is 3.11. The molecule has 4 heterocycles. The standard InChI is InChI=1S/C22H24N4O2.ClH/c23-18(9-15-10-24-19-5-2-1-4-17(15)19)22(28)25-11-14-8-16(13-25)20-6-3-7-21(27)26(20)12-14;/h1-7,10,14,16,18,24H,8-9,11-13,23H2;1H/t14?,16?,18-;/m0./s1. The summed E-state index contributed by atoms with van der Waals surface area (Å²) >= 11 is 0. The first-order chi connectivity index (χ1) is 13.6. The molecule has 6 nitrogen and oxygen atoms in total. The molecule has 3 atom stereocenters. The van der Waals surface area contributed by atoms with Crippen molar-refractivity contribution in [3.63, 3.8) is 0 Å². The monoisotopic (exact) mass is 412 g/mol. The van der Waals surface area contributed by atoms with Crippen LogP contribution >= 0.6 is 0 Å². The number of para-hydroxylation sites is 1. The van der Waals surface area contributed by atoms with Crippen LogP contribution in [0.1, 0.15) is 23.6 Å². The summed E-state index contributed by atoms with van der Waals surface area (Å²) in [4.78, 5) is 30.6. The first-order valence-electron chi connectivity index (χ1n) is 9.97. The van der Waals surface area contributed by atoms with E-state index < -0.39 is 0 Å². The van der Waals surface area contributed by atoms with Crippen molar-refractivity contribution in [1.82, 2.24) is 14.5 Å². The number of aromatic amines is 1. The predicted molar refractivity (Wildman–Crippen MR) is 107 cm³/mol. The Bertz CT molecular complexity index is 1110. The van der Waals surface area contributed by atoms with E-state index in [0.717, 1.165) is 35.1 Å². The Labute approximate surface area is 175 Å². The number of pyridine rings is 1. The number of hydrogen-bond acceptors (Lipinski definition) is 2. The van der Waals surface area contributed by atoms with Crippen LogP contribution in [0.3, 0.4) is 0 Å². The molecular formula is C22H25ClN4O2. The van der Waals surface area contributed by atoms with Gasteiger partial charge in [0.2, 0.25) is 0 Å². The molecule has 2 aliphatic rings. The Balaban J connectivity index is 0.00000205. The van der Waals surface area contributed by atoms with Gasteiger partial charge in [-0.3, -0.25) is 9.59 Å². The highest BCUT2D eigenvalue weighted by Gasteiger charge is 2.38. The SMILES string of the molecule is [Cl-].[NH3+][C@@H](Cc1c[nH]c2ccccc12)C(=O)N1CC2CC(C1)c1cccc(=O)n1C2. The Morgan fingerprint density at radius 1 is 1.14 bits per heavy atom. The number of likely N-dealkylation sites (tertiary alicyclic amines) is 1. The molecule has 2 unspecified atom stereocenters. The molecule has 3 aromatic rings. The Morgan fingerprint density at radius 2 is 1.97 bits per heavy atom. The van der Waals surface area contributed by atoms with Gasteiger partial charge >= 0.3 is 0 Å². The van der Waals surface area contributed by atoms with Crippen molar-refractivity contribution in [2.45, 2.75) is 31.3 Å². The van der Waals surface area contributed by atoms with Gasteiger partial charge in [0, 0.05) is 60.8 Å². The van der Waals surface area contributed by atoms with Crippen LogP contribution in [0.2, 0.25) is 0 Å². The van der Waals surface area contributed by atoms with Gasteiger partial charge < -0.3 is 32.6 Å². The number of H-pyrrole nitrogens is 1. The van der Waals surface area contributed by atoms with Crippen LogP contribution in [0.4, 0.5) is 0 Å². The summed E-state index contributed by atoms with van der Waals surface area (Å²) in [5, 5.41) is 1.16. The molecule has 152 valence electrons. The quantitative estimate of drug-likeness (QED) is 0.528. The van der Waals surface area contributed by atoms with Gasteiger partial charge in [0.15, 0.2) is 6.04 Å². The number of hydrogen-bond donors (Lipinski definition) is 2. The number of amides is 1. The van der Waals surface area contributed by atoms with Crippen molar-refractivity contribution in [3.8, 4) is 0 Å². The number of benzene rings is 1. The number of nitrogens with zero attached hydrogens (tertiary/aromatic N) is 2. The van der Waals surface area contributed by atoms with Crippen molar-refractivity contribution in [2.24, 2.45) is 5.92 Å². The van der Waals surface area contributed by atoms with Crippen molar-refractivity contribution in [3.05, 3.63) is 70.3 Å². The van der Waals surface area contributed by atoms with E-state index in [2.05, 4.69) is 16.8 Å². The van der Waals surface area contributed by atoms with Crippen LogP contribution in [0, 0.1) is 5.92 Å². The second kappa shape index (κ2) is 7.69. The summed E-state index contributed by atoms with van der Waals surface area (Å²) in [7, 11) is 0. The zero-order valence-corrected chi connectivity index (χ0v) is 16.9. The van der Waals surface area contributed by atoms with Gasteiger partial charge in [-0.15, -0.1) is 0 Å². The van der Waals surface area contributed by atoms with E-state index in [0.29, 0.717) is 25.4 Å². The van der Waals surface area contributed by atoms with E-state index in [9.17, 15) is 9.59 Å². The second-order valence-electron chi connectivity index (χ2n) is 8.20. The van der Waals surface area contributed by atoms with Crippen LogP contribution in [-0.2, 0) is 17.8 Å². The molecule has 2 aliphatic heterocycles. The summed E-state index contributed by atoms with van der Waals surface area (Å²) in [6.45, 7) is 2.11. The van der Waals surface area contributed by atoms with Gasteiger partial charge in [0.05, 0.1) is 0 Å². The number of aromatic nitrogens is 2. The molecule has 2 bridgehead atoms. The maximum absolute atomic E-state index is 13.2. The number of quaternary nitrogens is 1. The maximum Gasteiger partial charge on any atom is 0.281 e. The van der Waals surface area contributed by atoms with Crippen LogP contribution in [-0.4, -0.2) is 39.5 Å². The summed E-state index contributed by atoms with van der Waals surface area (Å²) < 4.78 is 1.90. The van der Waals surface area contributed by atoms with Gasteiger partial charge in [0.1, 0.15) is 0 Å². The van der Waals surface area contributed by atoms with E-state index >= 15 is 0 Å². The summed E-state index contributed by atoms with van der Waals surface area (Å²) in [5.74, 6) is 0.702. The molecule has 0 aliphatic carbocycles. The number of nitrogens with one attached hydrogen (secondary N) is 1. The van der Waals surface area contributed by atoms with E-state index in [-0.39, 0.29) is 35.8 Å². The van der Waals surface area contributed by atoms with Crippen molar-refractivity contribution in [1.29, 1.82) is 0 Å².